The van der Waals surface area contributed by atoms with Crippen LogP contribution >= 0.6 is 0 Å². The number of aliphatic hydroxyl groups is 2. The van der Waals surface area contributed by atoms with Gasteiger partial charge < -0.3 is 30.3 Å². The summed E-state index contributed by atoms with van der Waals surface area (Å²) in [5.74, 6) is 0.00650. The van der Waals surface area contributed by atoms with Crippen molar-refractivity contribution < 1.29 is 24.5 Å². The molecule has 8 heteroatoms. The van der Waals surface area contributed by atoms with Gasteiger partial charge in [-0.15, -0.1) is 0 Å². The molecule has 4 aromatic carbocycles. The fourth-order valence-corrected chi connectivity index (χ4v) is 6.08. The molecule has 4 aromatic rings. The summed E-state index contributed by atoms with van der Waals surface area (Å²) >= 11 is 0. The number of rotatable bonds is 12. The zero-order valence-electron chi connectivity index (χ0n) is 27.7. The van der Waals surface area contributed by atoms with Gasteiger partial charge in [-0.25, -0.2) is 4.79 Å². The highest BCUT2D eigenvalue weighted by Crippen LogP contribution is 2.42. The molecule has 0 saturated carbocycles. The van der Waals surface area contributed by atoms with Crippen molar-refractivity contribution in [1.82, 2.24) is 15.5 Å². The van der Waals surface area contributed by atoms with Crippen LogP contribution in [0.1, 0.15) is 67.1 Å². The molecule has 1 aliphatic rings. The summed E-state index contributed by atoms with van der Waals surface area (Å²) in [6.07, 6.45) is -1.71. The molecule has 0 spiro atoms. The van der Waals surface area contributed by atoms with Gasteiger partial charge in [0, 0.05) is 37.2 Å². The molecule has 5 rings (SSSR count). The van der Waals surface area contributed by atoms with Crippen LogP contribution in [-0.2, 0) is 22.6 Å². The first-order valence-corrected chi connectivity index (χ1v) is 16.4. The number of carbonyl (C=O) groups excluding carboxylic acids is 1. The van der Waals surface area contributed by atoms with Crippen LogP contribution in [0, 0.1) is 5.92 Å². The van der Waals surface area contributed by atoms with Crippen molar-refractivity contribution in [3.8, 4) is 11.1 Å². The van der Waals surface area contributed by atoms with E-state index in [4.69, 9.17) is 9.47 Å². The van der Waals surface area contributed by atoms with Crippen LogP contribution in [0.2, 0.25) is 0 Å². The zero-order chi connectivity index (χ0) is 33.3. The Morgan fingerprint density at radius 2 is 1.55 bits per heavy atom. The van der Waals surface area contributed by atoms with Crippen molar-refractivity contribution in [2.24, 2.45) is 5.92 Å². The maximum absolute atomic E-state index is 11.9. The third-order valence-electron chi connectivity index (χ3n) is 9.09. The average Bonchev–Trinajstić information content (AvgIpc) is 3.11. The van der Waals surface area contributed by atoms with Crippen LogP contribution in [0.5, 0.6) is 0 Å². The van der Waals surface area contributed by atoms with Crippen LogP contribution in [-0.4, -0.2) is 53.4 Å². The fourth-order valence-electron chi connectivity index (χ4n) is 6.08. The molecule has 0 radical (unpaired) electrons. The Kier molecular flexibility index (Phi) is 11.8. The minimum Gasteiger partial charge on any atom is -0.392 e. The molecule has 4 N–H and O–H groups in total. The smallest absolute Gasteiger partial charge is 0.315 e. The lowest BCUT2D eigenvalue weighted by Gasteiger charge is -2.43. The van der Waals surface area contributed by atoms with E-state index in [-0.39, 0.29) is 36.8 Å². The minimum atomic E-state index is -0.641. The number of likely N-dealkylation sites (N-methyl/N-ethyl adjacent to an activating group) is 1. The van der Waals surface area contributed by atoms with Gasteiger partial charge in [-0.3, -0.25) is 4.90 Å². The van der Waals surface area contributed by atoms with E-state index in [0.29, 0.717) is 19.6 Å². The minimum absolute atomic E-state index is 0.00650. The Labute approximate surface area is 278 Å². The molecular formula is C39H47N3O5. The molecule has 0 aromatic heterocycles. The van der Waals surface area contributed by atoms with Gasteiger partial charge in [0.1, 0.15) is 0 Å². The van der Waals surface area contributed by atoms with Crippen molar-refractivity contribution in [1.29, 1.82) is 0 Å². The first kappa shape index (κ1) is 34.3. The van der Waals surface area contributed by atoms with Crippen molar-refractivity contribution in [3.63, 3.8) is 0 Å². The van der Waals surface area contributed by atoms with Crippen LogP contribution in [0.25, 0.3) is 11.1 Å². The first-order valence-electron chi connectivity index (χ1n) is 16.4. The highest BCUT2D eigenvalue weighted by atomic mass is 16.7. The molecule has 1 saturated heterocycles. The number of aliphatic hydroxyl groups excluding tert-OH is 2. The van der Waals surface area contributed by atoms with Crippen LogP contribution < -0.4 is 10.6 Å². The lowest BCUT2D eigenvalue weighted by Crippen LogP contribution is -2.46. The monoisotopic (exact) mass is 637 g/mol. The van der Waals surface area contributed by atoms with Gasteiger partial charge in [-0.1, -0.05) is 97.9 Å². The molecule has 2 amide bonds. The quantitative estimate of drug-likeness (QED) is 0.141. The number of benzene rings is 4. The van der Waals surface area contributed by atoms with E-state index in [1.54, 1.807) is 0 Å². The number of carbonyl (C=O) groups is 1. The maximum atomic E-state index is 11.9. The third kappa shape index (κ3) is 8.66. The maximum Gasteiger partial charge on any atom is 0.315 e. The number of hydrogen-bond donors (Lipinski definition) is 4. The Morgan fingerprint density at radius 1 is 0.851 bits per heavy atom. The highest BCUT2D eigenvalue weighted by Gasteiger charge is 2.39. The predicted molar refractivity (Wildman–Crippen MR) is 184 cm³/mol. The Hall–Kier alpha value is -4.05. The first-order chi connectivity index (χ1) is 22.8. The van der Waals surface area contributed by atoms with Gasteiger partial charge in [-0.2, -0.15) is 0 Å². The summed E-state index contributed by atoms with van der Waals surface area (Å²) in [5.41, 5.74) is 6.71. The number of urea groups is 1. The van der Waals surface area contributed by atoms with Gasteiger partial charge in [0.2, 0.25) is 0 Å². The predicted octanol–water partition coefficient (Wildman–Crippen LogP) is 6.51. The van der Waals surface area contributed by atoms with Crippen LogP contribution in [0.15, 0.2) is 103 Å². The topological polar surface area (TPSA) is 103 Å². The highest BCUT2D eigenvalue weighted by molar-refractivity contribution is 5.74. The molecule has 1 fully saturated rings. The van der Waals surface area contributed by atoms with Gasteiger partial charge in [0.15, 0.2) is 6.29 Å². The van der Waals surface area contributed by atoms with E-state index < -0.39 is 12.4 Å². The summed E-state index contributed by atoms with van der Waals surface area (Å²) < 4.78 is 13.5. The number of nitrogens with zero attached hydrogens (tertiary/aromatic N) is 1. The molecule has 248 valence electrons. The molecule has 0 aliphatic carbocycles. The summed E-state index contributed by atoms with van der Waals surface area (Å²) in [6.45, 7) is 7.65. The van der Waals surface area contributed by atoms with Gasteiger partial charge in [0.05, 0.1) is 24.9 Å². The average molecular weight is 638 g/mol. The third-order valence-corrected chi connectivity index (χ3v) is 9.09. The van der Waals surface area contributed by atoms with Crippen molar-refractivity contribution in [3.05, 3.63) is 131 Å². The zero-order valence-corrected chi connectivity index (χ0v) is 27.7. The van der Waals surface area contributed by atoms with Gasteiger partial charge >= 0.3 is 6.03 Å². The number of hydrogen-bond acceptors (Lipinski definition) is 6. The SMILES string of the molecule is CCNC(=O)NCc1cccc(-c2cccc(C3OC(CN(C)C(C)C(O)c4ccccc4)C(C)C(c4ccc(CO)cc4)O3)c2)c1. The van der Waals surface area contributed by atoms with E-state index in [1.807, 2.05) is 99.8 Å². The largest absolute Gasteiger partial charge is 0.392 e. The normalized spacial score (nSPS) is 20.8. The Bertz CT molecular complexity index is 1580. The molecule has 47 heavy (non-hydrogen) atoms. The lowest BCUT2D eigenvalue weighted by atomic mass is 9.89. The van der Waals surface area contributed by atoms with Gasteiger partial charge in [-0.05, 0) is 66.4 Å². The number of nitrogens with one attached hydrogen (secondary N) is 2. The second kappa shape index (κ2) is 16.2. The Balaban J connectivity index is 1.39. The van der Waals surface area contributed by atoms with E-state index in [1.165, 1.54) is 0 Å². The van der Waals surface area contributed by atoms with E-state index in [0.717, 1.165) is 38.9 Å². The van der Waals surface area contributed by atoms with Crippen LogP contribution in [0.4, 0.5) is 4.79 Å². The van der Waals surface area contributed by atoms with E-state index >= 15 is 0 Å². The summed E-state index contributed by atoms with van der Waals surface area (Å²) in [4.78, 5) is 14.1. The number of ether oxygens (including phenoxy) is 2. The van der Waals surface area contributed by atoms with Crippen molar-refractivity contribution >= 4 is 6.03 Å². The molecule has 0 bridgehead atoms. The molecule has 1 heterocycles. The molecular weight excluding hydrogens is 590 g/mol. The van der Waals surface area contributed by atoms with Gasteiger partial charge in [0.25, 0.3) is 0 Å². The standard InChI is InChI=1S/C39H47N3O5/c1-5-40-39(45)41-23-29-11-9-14-32(21-29)33-15-10-16-34(22-33)38-46-35(24-42(4)27(3)36(44)30-12-7-6-8-13-30)26(2)37(47-38)31-19-17-28(25-43)18-20-31/h6-22,26-27,35-38,43-44H,5,23-25H2,1-4H3,(H2,40,41,45). The fraction of sp³-hybridized carbons (Fsp3) is 0.359. The lowest BCUT2D eigenvalue weighted by molar-refractivity contribution is -0.276. The van der Waals surface area contributed by atoms with Crippen molar-refractivity contribution in [2.45, 2.75) is 64.6 Å². The van der Waals surface area contributed by atoms with E-state index in [9.17, 15) is 15.0 Å². The Morgan fingerprint density at radius 3 is 2.26 bits per heavy atom. The van der Waals surface area contributed by atoms with Crippen molar-refractivity contribution in [2.75, 3.05) is 20.1 Å². The van der Waals surface area contributed by atoms with Crippen LogP contribution in [0.3, 0.4) is 0 Å². The molecule has 1 aliphatic heterocycles. The summed E-state index contributed by atoms with van der Waals surface area (Å²) in [6, 6.07) is 33.7. The molecule has 8 nitrogen and oxygen atoms in total. The second-order valence-electron chi connectivity index (χ2n) is 12.4. The van der Waals surface area contributed by atoms with E-state index in [2.05, 4.69) is 46.7 Å². The summed E-state index contributed by atoms with van der Waals surface area (Å²) in [5, 5.41) is 26.4. The molecule has 6 unspecified atom stereocenters. The number of amides is 2. The summed E-state index contributed by atoms with van der Waals surface area (Å²) in [7, 11) is 2.02. The second-order valence-corrected chi connectivity index (χ2v) is 12.4. The molecule has 6 atom stereocenters.